The van der Waals surface area contributed by atoms with Crippen LogP contribution in [0.5, 0.6) is 0 Å². The first kappa shape index (κ1) is 23.9. The number of pyridine rings is 1. The van der Waals surface area contributed by atoms with Gasteiger partial charge in [0.1, 0.15) is 5.69 Å². The Bertz CT molecular complexity index is 1370. The van der Waals surface area contributed by atoms with Crippen molar-refractivity contribution >= 4 is 34.8 Å². The molecule has 9 nitrogen and oxygen atoms in total. The summed E-state index contributed by atoms with van der Waals surface area (Å²) in [6.45, 7) is 4.31. The Kier molecular flexibility index (Phi) is 7.02. The number of amides is 2. The van der Waals surface area contributed by atoms with Crippen LogP contribution in [0, 0.1) is 0 Å². The number of hydrogen-bond donors (Lipinski definition) is 2. The lowest BCUT2D eigenvalue weighted by Gasteiger charge is -2.36. The molecule has 0 unspecified atom stereocenters. The third kappa shape index (κ3) is 5.90. The summed E-state index contributed by atoms with van der Waals surface area (Å²) >= 11 is 0. The molecule has 186 valence electrons. The monoisotopic (exact) mass is 493 g/mol. The number of hydrogen-bond acceptors (Lipinski definition) is 7. The van der Waals surface area contributed by atoms with Crippen molar-refractivity contribution in [1.82, 2.24) is 19.9 Å². The van der Waals surface area contributed by atoms with Crippen LogP contribution in [0.3, 0.4) is 0 Å². The SMILES string of the molecule is CC(=O)Nc1ccc(-c2ccnc(Nc3ccc(N4CCN(C(=O)c5ccccn5)CC4)cc3)n2)cc1. The van der Waals surface area contributed by atoms with E-state index in [9.17, 15) is 9.59 Å². The van der Waals surface area contributed by atoms with Gasteiger partial charge >= 0.3 is 0 Å². The highest BCUT2D eigenvalue weighted by Gasteiger charge is 2.23. The van der Waals surface area contributed by atoms with Gasteiger partial charge in [0.05, 0.1) is 5.69 Å². The number of nitrogens with zero attached hydrogens (tertiary/aromatic N) is 5. The molecule has 0 spiro atoms. The number of piperazine rings is 1. The summed E-state index contributed by atoms with van der Waals surface area (Å²) in [7, 11) is 0. The number of aromatic nitrogens is 3. The van der Waals surface area contributed by atoms with Gasteiger partial charge in [-0.25, -0.2) is 9.97 Å². The highest BCUT2D eigenvalue weighted by Crippen LogP contribution is 2.24. The molecular weight excluding hydrogens is 466 g/mol. The van der Waals surface area contributed by atoms with Gasteiger partial charge in [-0.3, -0.25) is 14.6 Å². The van der Waals surface area contributed by atoms with Crippen LogP contribution in [-0.2, 0) is 4.79 Å². The minimum Gasteiger partial charge on any atom is -0.368 e. The van der Waals surface area contributed by atoms with E-state index in [1.807, 2.05) is 59.5 Å². The lowest BCUT2D eigenvalue weighted by Crippen LogP contribution is -2.49. The largest absolute Gasteiger partial charge is 0.368 e. The van der Waals surface area contributed by atoms with E-state index in [-0.39, 0.29) is 11.8 Å². The van der Waals surface area contributed by atoms with Crippen molar-refractivity contribution in [3.63, 3.8) is 0 Å². The zero-order chi connectivity index (χ0) is 25.6. The number of anilines is 4. The maximum Gasteiger partial charge on any atom is 0.272 e. The molecule has 1 saturated heterocycles. The van der Waals surface area contributed by atoms with Crippen molar-refractivity contribution in [3.05, 3.63) is 90.9 Å². The first-order valence-electron chi connectivity index (χ1n) is 12.1. The van der Waals surface area contributed by atoms with Crippen molar-refractivity contribution in [2.24, 2.45) is 0 Å². The van der Waals surface area contributed by atoms with Gasteiger partial charge in [0.2, 0.25) is 11.9 Å². The third-order valence-electron chi connectivity index (χ3n) is 6.10. The number of benzene rings is 2. The molecule has 5 rings (SSSR count). The number of nitrogens with one attached hydrogen (secondary N) is 2. The second kappa shape index (κ2) is 10.9. The molecule has 37 heavy (non-hydrogen) atoms. The molecule has 1 fully saturated rings. The van der Waals surface area contributed by atoms with Crippen LogP contribution in [0.15, 0.2) is 85.2 Å². The highest BCUT2D eigenvalue weighted by molar-refractivity contribution is 5.92. The second-order valence-corrected chi connectivity index (χ2v) is 8.69. The smallest absolute Gasteiger partial charge is 0.272 e. The van der Waals surface area contributed by atoms with Gasteiger partial charge in [-0.05, 0) is 54.6 Å². The van der Waals surface area contributed by atoms with Crippen LogP contribution < -0.4 is 15.5 Å². The van der Waals surface area contributed by atoms with E-state index >= 15 is 0 Å². The molecule has 4 aromatic rings. The summed E-state index contributed by atoms with van der Waals surface area (Å²) < 4.78 is 0. The number of carbonyl (C=O) groups excluding carboxylic acids is 2. The second-order valence-electron chi connectivity index (χ2n) is 8.69. The average molecular weight is 494 g/mol. The molecule has 3 heterocycles. The van der Waals surface area contributed by atoms with Crippen molar-refractivity contribution in [1.29, 1.82) is 0 Å². The van der Waals surface area contributed by atoms with Crippen LogP contribution in [-0.4, -0.2) is 57.8 Å². The topological polar surface area (TPSA) is 103 Å². The molecular formula is C28H27N7O2. The van der Waals surface area contributed by atoms with Gasteiger partial charge in [0.15, 0.2) is 0 Å². The molecule has 1 aliphatic heterocycles. The summed E-state index contributed by atoms with van der Waals surface area (Å²) in [5.41, 5.74) is 4.91. The van der Waals surface area contributed by atoms with Crippen LogP contribution >= 0.6 is 0 Å². The zero-order valence-corrected chi connectivity index (χ0v) is 20.5. The molecule has 0 saturated carbocycles. The molecule has 2 amide bonds. The van der Waals surface area contributed by atoms with E-state index in [0.717, 1.165) is 41.4 Å². The normalized spacial score (nSPS) is 13.2. The van der Waals surface area contributed by atoms with Gasteiger partial charge in [-0.1, -0.05) is 18.2 Å². The predicted molar refractivity (Wildman–Crippen MR) is 144 cm³/mol. The van der Waals surface area contributed by atoms with Gasteiger partial charge in [-0.2, -0.15) is 0 Å². The number of carbonyl (C=O) groups is 2. The van der Waals surface area contributed by atoms with Crippen LogP contribution in [0.1, 0.15) is 17.4 Å². The zero-order valence-electron chi connectivity index (χ0n) is 20.5. The molecule has 0 bridgehead atoms. The standard InChI is InChI=1S/C28H27N7O2/c1-20(36)31-22-7-5-21(6-8-22)25-13-15-30-28(33-25)32-23-9-11-24(12-10-23)34-16-18-35(19-17-34)27(37)26-4-2-3-14-29-26/h2-15H,16-19H2,1H3,(H,31,36)(H,30,32,33). The van der Waals surface area contributed by atoms with E-state index in [1.54, 1.807) is 18.5 Å². The lowest BCUT2D eigenvalue weighted by atomic mass is 10.1. The summed E-state index contributed by atoms with van der Waals surface area (Å²) in [5.74, 6) is 0.369. The first-order valence-corrected chi connectivity index (χ1v) is 12.1. The Labute approximate surface area is 215 Å². The van der Waals surface area contributed by atoms with Gasteiger partial charge in [0.25, 0.3) is 5.91 Å². The summed E-state index contributed by atoms with van der Waals surface area (Å²) in [5, 5.41) is 6.03. The molecule has 9 heteroatoms. The van der Waals surface area contributed by atoms with Crippen molar-refractivity contribution in [2.75, 3.05) is 41.7 Å². The van der Waals surface area contributed by atoms with Crippen molar-refractivity contribution in [3.8, 4) is 11.3 Å². The Hall–Kier alpha value is -4.79. The predicted octanol–water partition coefficient (Wildman–Crippen LogP) is 4.20. The molecule has 0 aliphatic carbocycles. The van der Waals surface area contributed by atoms with Crippen molar-refractivity contribution in [2.45, 2.75) is 6.92 Å². The fourth-order valence-electron chi connectivity index (χ4n) is 4.21. The Morgan fingerprint density at radius 3 is 2.19 bits per heavy atom. The van der Waals surface area contributed by atoms with E-state index in [4.69, 9.17) is 0 Å². The molecule has 0 radical (unpaired) electrons. The Morgan fingerprint density at radius 1 is 0.784 bits per heavy atom. The number of rotatable bonds is 6. The molecule has 0 atom stereocenters. The van der Waals surface area contributed by atoms with E-state index in [1.165, 1.54) is 6.92 Å². The highest BCUT2D eigenvalue weighted by atomic mass is 16.2. The molecule has 1 aliphatic rings. The minimum absolute atomic E-state index is 0.0225. The fourth-order valence-corrected chi connectivity index (χ4v) is 4.21. The van der Waals surface area contributed by atoms with Gasteiger partial charge in [0, 0.05) is 68.1 Å². The van der Waals surface area contributed by atoms with Crippen LogP contribution in [0.4, 0.5) is 23.0 Å². The maximum absolute atomic E-state index is 12.6. The molecule has 2 N–H and O–H groups in total. The van der Waals surface area contributed by atoms with Crippen LogP contribution in [0.2, 0.25) is 0 Å². The molecule has 2 aromatic carbocycles. The maximum atomic E-state index is 12.6. The summed E-state index contributed by atoms with van der Waals surface area (Å²) in [6, 6.07) is 22.9. The Morgan fingerprint density at radius 2 is 1.51 bits per heavy atom. The molecule has 2 aromatic heterocycles. The summed E-state index contributed by atoms with van der Waals surface area (Å²) in [4.78, 5) is 41.1. The lowest BCUT2D eigenvalue weighted by molar-refractivity contribution is -0.114. The van der Waals surface area contributed by atoms with E-state index in [0.29, 0.717) is 24.7 Å². The summed E-state index contributed by atoms with van der Waals surface area (Å²) in [6.07, 6.45) is 3.36. The quantitative estimate of drug-likeness (QED) is 0.415. The first-order chi connectivity index (χ1) is 18.0. The fraction of sp³-hybridized carbons (Fsp3) is 0.179. The average Bonchev–Trinajstić information content (AvgIpc) is 2.94. The van der Waals surface area contributed by atoms with Gasteiger partial charge in [-0.15, -0.1) is 0 Å². The van der Waals surface area contributed by atoms with E-state index < -0.39 is 0 Å². The van der Waals surface area contributed by atoms with Crippen LogP contribution in [0.25, 0.3) is 11.3 Å². The minimum atomic E-state index is -0.106. The third-order valence-corrected chi connectivity index (χ3v) is 6.10. The van der Waals surface area contributed by atoms with E-state index in [2.05, 4.69) is 42.6 Å². The Balaban J connectivity index is 1.19. The van der Waals surface area contributed by atoms with Crippen molar-refractivity contribution < 1.29 is 9.59 Å². The van der Waals surface area contributed by atoms with Gasteiger partial charge < -0.3 is 20.4 Å².